The van der Waals surface area contributed by atoms with Crippen LogP contribution >= 0.6 is 0 Å². The SMILES string of the molecule is CC(=O)Nc1ccnn2cnnc12. The maximum absolute atomic E-state index is 10.8. The van der Waals surface area contributed by atoms with Gasteiger partial charge >= 0.3 is 0 Å². The molecule has 66 valence electrons. The van der Waals surface area contributed by atoms with Crippen molar-refractivity contribution in [3.05, 3.63) is 18.6 Å². The maximum Gasteiger partial charge on any atom is 0.221 e. The molecule has 2 aromatic rings. The standard InChI is InChI=1S/C7H7N5O/c1-5(13)10-6-2-3-9-12-4-8-11-7(6)12/h2-4H,1H3,(H,10,13). The van der Waals surface area contributed by atoms with Gasteiger partial charge in [-0.05, 0) is 6.07 Å². The molecule has 1 N–H and O–H groups in total. The Morgan fingerprint density at radius 3 is 3.23 bits per heavy atom. The van der Waals surface area contributed by atoms with Gasteiger partial charge in [0.1, 0.15) is 6.33 Å². The lowest BCUT2D eigenvalue weighted by molar-refractivity contribution is -0.114. The fraction of sp³-hybridized carbons (Fsp3) is 0.143. The molecule has 6 heteroatoms. The Hall–Kier alpha value is -1.98. The zero-order chi connectivity index (χ0) is 9.26. The lowest BCUT2D eigenvalue weighted by Crippen LogP contribution is -2.07. The van der Waals surface area contributed by atoms with E-state index in [9.17, 15) is 4.79 Å². The summed E-state index contributed by atoms with van der Waals surface area (Å²) in [4.78, 5) is 10.8. The summed E-state index contributed by atoms with van der Waals surface area (Å²) >= 11 is 0. The van der Waals surface area contributed by atoms with Crippen LogP contribution in [0.4, 0.5) is 5.69 Å². The molecule has 0 spiro atoms. The third-order valence-electron chi connectivity index (χ3n) is 1.51. The van der Waals surface area contributed by atoms with Gasteiger partial charge in [-0.3, -0.25) is 4.79 Å². The Balaban J connectivity index is 2.54. The average Bonchev–Trinajstić information content (AvgIpc) is 2.51. The average molecular weight is 177 g/mol. The molecule has 0 aliphatic heterocycles. The van der Waals surface area contributed by atoms with Crippen LogP contribution in [0.15, 0.2) is 18.6 Å². The molecule has 0 bridgehead atoms. The van der Waals surface area contributed by atoms with Crippen molar-refractivity contribution in [2.75, 3.05) is 5.32 Å². The third kappa shape index (κ3) is 1.33. The van der Waals surface area contributed by atoms with Gasteiger partial charge in [0.05, 0.1) is 11.9 Å². The number of aromatic nitrogens is 4. The Morgan fingerprint density at radius 1 is 1.62 bits per heavy atom. The third-order valence-corrected chi connectivity index (χ3v) is 1.51. The summed E-state index contributed by atoms with van der Waals surface area (Å²) in [6.45, 7) is 1.44. The van der Waals surface area contributed by atoms with Crippen molar-refractivity contribution in [1.82, 2.24) is 19.8 Å². The van der Waals surface area contributed by atoms with E-state index in [1.165, 1.54) is 17.8 Å². The molecule has 0 unspecified atom stereocenters. The monoisotopic (exact) mass is 177 g/mol. The molecular weight excluding hydrogens is 170 g/mol. The highest BCUT2D eigenvalue weighted by molar-refractivity contribution is 5.92. The highest BCUT2D eigenvalue weighted by Gasteiger charge is 2.03. The maximum atomic E-state index is 10.8. The second-order valence-corrected chi connectivity index (χ2v) is 2.53. The summed E-state index contributed by atoms with van der Waals surface area (Å²) in [5, 5.41) is 14.1. The van der Waals surface area contributed by atoms with Crippen molar-refractivity contribution >= 4 is 17.2 Å². The molecule has 0 saturated carbocycles. The van der Waals surface area contributed by atoms with Crippen LogP contribution in [0.2, 0.25) is 0 Å². The molecule has 0 aliphatic rings. The van der Waals surface area contributed by atoms with Gasteiger partial charge in [-0.25, -0.2) is 0 Å². The molecule has 0 aliphatic carbocycles. The number of anilines is 1. The van der Waals surface area contributed by atoms with Crippen molar-refractivity contribution in [2.24, 2.45) is 0 Å². The molecule has 2 rings (SSSR count). The second kappa shape index (κ2) is 2.81. The highest BCUT2D eigenvalue weighted by Crippen LogP contribution is 2.10. The van der Waals surface area contributed by atoms with E-state index in [-0.39, 0.29) is 5.91 Å². The molecule has 2 heterocycles. The van der Waals surface area contributed by atoms with Crippen molar-refractivity contribution in [3.8, 4) is 0 Å². The minimum atomic E-state index is -0.142. The van der Waals surface area contributed by atoms with Crippen LogP contribution in [-0.4, -0.2) is 25.7 Å². The van der Waals surface area contributed by atoms with Crippen LogP contribution < -0.4 is 5.32 Å². The van der Waals surface area contributed by atoms with Gasteiger partial charge in [-0.2, -0.15) is 9.61 Å². The fourth-order valence-corrected chi connectivity index (χ4v) is 1.03. The molecule has 1 amide bonds. The number of nitrogens with zero attached hydrogens (tertiary/aromatic N) is 4. The number of rotatable bonds is 1. The second-order valence-electron chi connectivity index (χ2n) is 2.53. The van der Waals surface area contributed by atoms with E-state index in [1.807, 2.05) is 0 Å². The van der Waals surface area contributed by atoms with Crippen LogP contribution in [0.5, 0.6) is 0 Å². The number of amides is 1. The number of carbonyl (C=O) groups is 1. The van der Waals surface area contributed by atoms with E-state index < -0.39 is 0 Å². The smallest absolute Gasteiger partial charge is 0.221 e. The van der Waals surface area contributed by atoms with Gasteiger partial charge in [-0.1, -0.05) is 0 Å². The minimum Gasteiger partial charge on any atom is -0.323 e. The van der Waals surface area contributed by atoms with Crippen molar-refractivity contribution in [3.63, 3.8) is 0 Å². The zero-order valence-corrected chi connectivity index (χ0v) is 6.93. The van der Waals surface area contributed by atoms with Gasteiger partial charge in [0.15, 0.2) is 0 Å². The van der Waals surface area contributed by atoms with Crippen LogP contribution in [0.3, 0.4) is 0 Å². The summed E-state index contributed by atoms with van der Waals surface area (Å²) in [5.41, 5.74) is 1.15. The van der Waals surface area contributed by atoms with Crippen molar-refractivity contribution in [1.29, 1.82) is 0 Å². The van der Waals surface area contributed by atoms with Crippen molar-refractivity contribution in [2.45, 2.75) is 6.92 Å². The van der Waals surface area contributed by atoms with E-state index in [2.05, 4.69) is 20.6 Å². The van der Waals surface area contributed by atoms with Crippen LogP contribution in [0.1, 0.15) is 6.92 Å². The van der Waals surface area contributed by atoms with Crippen molar-refractivity contribution < 1.29 is 4.79 Å². The van der Waals surface area contributed by atoms with Crippen LogP contribution in [0.25, 0.3) is 5.65 Å². The first-order valence-electron chi connectivity index (χ1n) is 3.70. The molecule has 0 atom stereocenters. The Morgan fingerprint density at radius 2 is 2.46 bits per heavy atom. The largest absolute Gasteiger partial charge is 0.323 e. The summed E-state index contributed by atoms with van der Waals surface area (Å²) in [7, 11) is 0. The number of hydrogen-bond donors (Lipinski definition) is 1. The predicted molar refractivity (Wildman–Crippen MR) is 45.1 cm³/mol. The molecule has 0 fully saturated rings. The van der Waals surface area contributed by atoms with Crippen LogP contribution in [-0.2, 0) is 4.79 Å². The molecule has 0 radical (unpaired) electrons. The summed E-state index contributed by atoms with van der Waals surface area (Å²) in [6.07, 6.45) is 3.04. The minimum absolute atomic E-state index is 0.142. The fourth-order valence-electron chi connectivity index (χ4n) is 1.03. The molecule has 0 aromatic carbocycles. The van der Waals surface area contributed by atoms with E-state index in [0.717, 1.165) is 0 Å². The first-order valence-corrected chi connectivity index (χ1v) is 3.70. The Bertz CT molecular complexity index is 449. The van der Waals surface area contributed by atoms with E-state index in [0.29, 0.717) is 11.3 Å². The predicted octanol–water partition coefficient (Wildman–Crippen LogP) is 0.0827. The quantitative estimate of drug-likeness (QED) is 0.669. The Labute approximate surface area is 73.6 Å². The lowest BCUT2D eigenvalue weighted by Gasteiger charge is -2.00. The zero-order valence-electron chi connectivity index (χ0n) is 6.93. The first kappa shape index (κ1) is 7.66. The normalized spacial score (nSPS) is 10.2. The molecular formula is C7H7N5O. The topological polar surface area (TPSA) is 72.2 Å². The van der Waals surface area contributed by atoms with E-state index in [1.54, 1.807) is 12.3 Å². The molecule has 6 nitrogen and oxygen atoms in total. The Kier molecular flexibility index (Phi) is 1.66. The highest BCUT2D eigenvalue weighted by atomic mass is 16.1. The number of nitrogens with one attached hydrogen (secondary N) is 1. The van der Waals surface area contributed by atoms with Gasteiger partial charge in [0.2, 0.25) is 11.6 Å². The molecule has 13 heavy (non-hydrogen) atoms. The number of fused-ring (bicyclic) bond motifs is 1. The van der Waals surface area contributed by atoms with E-state index in [4.69, 9.17) is 0 Å². The van der Waals surface area contributed by atoms with Gasteiger partial charge in [0, 0.05) is 6.92 Å². The van der Waals surface area contributed by atoms with Gasteiger partial charge in [0.25, 0.3) is 0 Å². The number of hydrogen-bond acceptors (Lipinski definition) is 4. The lowest BCUT2D eigenvalue weighted by atomic mass is 10.4. The summed E-state index contributed by atoms with van der Waals surface area (Å²) in [6, 6.07) is 1.67. The van der Waals surface area contributed by atoms with E-state index >= 15 is 0 Å². The van der Waals surface area contributed by atoms with Gasteiger partial charge in [-0.15, -0.1) is 10.2 Å². The number of carbonyl (C=O) groups excluding carboxylic acids is 1. The van der Waals surface area contributed by atoms with Gasteiger partial charge < -0.3 is 5.32 Å². The molecule has 2 aromatic heterocycles. The first-order chi connectivity index (χ1) is 6.27. The summed E-state index contributed by atoms with van der Waals surface area (Å²) < 4.78 is 1.49. The van der Waals surface area contributed by atoms with Crippen LogP contribution in [0, 0.1) is 0 Å². The summed E-state index contributed by atoms with van der Waals surface area (Å²) in [5.74, 6) is -0.142. The molecule has 0 saturated heterocycles.